The van der Waals surface area contributed by atoms with Crippen molar-refractivity contribution in [3.05, 3.63) is 24.0 Å². The van der Waals surface area contributed by atoms with Crippen molar-refractivity contribution in [2.45, 2.75) is 6.92 Å². The van der Waals surface area contributed by atoms with E-state index in [9.17, 15) is 4.79 Å². The lowest BCUT2D eigenvalue weighted by Crippen LogP contribution is -1.85. The van der Waals surface area contributed by atoms with Gasteiger partial charge in [0.15, 0.2) is 5.78 Å². The van der Waals surface area contributed by atoms with Crippen LogP contribution in [-0.2, 0) is 0 Å². The van der Waals surface area contributed by atoms with E-state index in [1.165, 1.54) is 19.2 Å². The molecule has 0 fully saturated rings. The lowest BCUT2D eigenvalue weighted by atomic mass is 10.2. The minimum Gasteiger partial charge on any atom is -0.367 e. The summed E-state index contributed by atoms with van der Waals surface area (Å²) < 4.78 is 7.00. The third kappa shape index (κ3) is 0.780. The Bertz CT molecular complexity index is 229. The fourth-order valence-corrected chi connectivity index (χ4v) is 0.484. The molecule has 0 atom stereocenters. The van der Waals surface area contributed by atoms with Crippen molar-refractivity contribution in [3.63, 3.8) is 0 Å². The molecule has 0 radical (unpaired) electrons. The van der Waals surface area contributed by atoms with Crippen LogP contribution in [0.15, 0.2) is 18.4 Å². The van der Waals surface area contributed by atoms with Crippen molar-refractivity contribution in [2.24, 2.45) is 0 Å². The van der Waals surface area contributed by atoms with Crippen molar-refractivity contribution in [1.29, 1.82) is 0 Å². The highest BCUT2D eigenvalue weighted by molar-refractivity contribution is 5.93. The van der Waals surface area contributed by atoms with Crippen LogP contribution in [0.5, 0.6) is 0 Å². The maximum atomic E-state index is 10.6. The molecule has 42 valence electrons. The van der Waals surface area contributed by atoms with E-state index in [0.29, 0.717) is 5.56 Å². The lowest BCUT2D eigenvalue weighted by molar-refractivity contribution is 0.101. The third-order valence-electron chi connectivity index (χ3n) is 0.945. The first-order valence-corrected chi connectivity index (χ1v) is 2.36. The summed E-state index contributed by atoms with van der Waals surface area (Å²) in [5.74, 6) is -0.00949. The summed E-state index contributed by atoms with van der Waals surface area (Å²) in [6.07, 6.45) is 1.81. The second-order valence-corrected chi connectivity index (χ2v) is 1.59. The topological polar surface area (TPSA) is 32.9 Å². The quantitative estimate of drug-likeness (QED) is 0.541. The van der Waals surface area contributed by atoms with Crippen molar-refractivity contribution < 1.29 is 6.17 Å². The Hall–Kier alpha value is -1.05. The zero-order chi connectivity index (χ0) is 6.85. The number of carbonyl (C=O) groups is 1. The smallest absolute Gasteiger partial charge is 0.161 e. The molecule has 0 spiro atoms. The van der Waals surface area contributed by atoms with Gasteiger partial charge < -0.3 is 4.98 Å². The number of carbonyl (C=O) groups excluding carboxylic acids is 1. The number of Topliss-reactive ketones (excluding diaryl/α,β-unsaturated/α-hetero) is 1. The first-order chi connectivity index (χ1) is 4.20. The van der Waals surface area contributed by atoms with E-state index >= 15 is 0 Å². The molecular formula is C6H7NO. The molecule has 1 aromatic heterocycles. The molecule has 0 saturated heterocycles. The summed E-state index contributed by atoms with van der Waals surface area (Å²) in [6, 6.07) is 1.50. The molecule has 0 aliphatic rings. The Morgan fingerprint density at radius 1 is 2.00 bits per heavy atom. The molecule has 1 rings (SSSR count). The van der Waals surface area contributed by atoms with Crippen LogP contribution in [0.2, 0.25) is 0 Å². The standard InChI is InChI=1S/C6H7NO/c1-5(8)6-2-3-7-4-6/h2-4,7H,1H3/i3D. The highest BCUT2D eigenvalue weighted by atomic mass is 16.1. The normalized spacial score (nSPS) is 10.9. The maximum Gasteiger partial charge on any atom is 0.161 e. The van der Waals surface area contributed by atoms with Crippen molar-refractivity contribution >= 4 is 5.78 Å². The molecular weight excluding hydrogens is 102 g/mol. The average Bonchev–Trinajstić information content (AvgIpc) is 2.14. The summed E-state index contributed by atoms with van der Waals surface area (Å²) in [4.78, 5) is 13.2. The number of hydrogen-bond donors (Lipinski definition) is 1. The molecule has 0 bridgehead atoms. The van der Waals surface area contributed by atoms with Crippen LogP contribution in [0.1, 0.15) is 18.7 Å². The Labute approximate surface area is 48.9 Å². The number of nitrogens with one attached hydrogen (secondary N) is 1. The molecule has 8 heavy (non-hydrogen) atoms. The number of rotatable bonds is 1. The maximum absolute atomic E-state index is 10.6. The molecule has 2 heteroatoms. The predicted octanol–water partition coefficient (Wildman–Crippen LogP) is 1.22. The van der Waals surface area contributed by atoms with E-state index in [1.54, 1.807) is 0 Å². The number of hydrogen-bond acceptors (Lipinski definition) is 1. The molecule has 1 aromatic rings. The van der Waals surface area contributed by atoms with Gasteiger partial charge >= 0.3 is 0 Å². The Morgan fingerprint density at radius 2 is 2.75 bits per heavy atom. The van der Waals surface area contributed by atoms with E-state index in [1.807, 2.05) is 0 Å². The average molecular weight is 110 g/mol. The van der Waals surface area contributed by atoms with Crippen LogP contribution in [-0.4, -0.2) is 10.8 Å². The van der Waals surface area contributed by atoms with Crippen LogP contribution < -0.4 is 0 Å². The Balaban J connectivity index is 2.98. The lowest BCUT2D eigenvalue weighted by Gasteiger charge is -1.79. The number of ketones is 1. The number of aromatic nitrogens is 1. The summed E-state index contributed by atoms with van der Waals surface area (Å²) >= 11 is 0. The van der Waals surface area contributed by atoms with Crippen molar-refractivity contribution in [3.8, 4) is 0 Å². The van der Waals surface area contributed by atoms with E-state index in [2.05, 4.69) is 4.98 Å². The van der Waals surface area contributed by atoms with E-state index in [0.717, 1.165) is 0 Å². The van der Waals surface area contributed by atoms with Crippen molar-refractivity contribution in [2.75, 3.05) is 0 Å². The first kappa shape index (κ1) is 3.89. The summed E-state index contributed by atoms with van der Waals surface area (Å²) in [7, 11) is 0. The van der Waals surface area contributed by atoms with Crippen LogP contribution in [0, 0.1) is 0 Å². The SMILES string of the molecule is [2H]c1cc(C(C)=O)c[nH]1. The van der Waals surface area contributed by atoms with Gasteiger partial charge in [0, 0.05) is 17.9 Å². The van der Waals surface area contributed by atoms with Gasteiger partial charge in [-0.15, -0.1) is 0 Å². The Morgan fingerprint density at radius 3 is 3.00 bits per heavy atom. The summed E-state index contributed by atoms with van der Waals surface area (Å²) in [5.41, 5.74) is 0.569. The molecule has 0 aliphatic heterocycles. The molecule has 0 amide bonds. The van der Waals surface area contributed by atoms with Gasteiger partial charge in [0.25, 0.3) is 0 Å². The minimum absolute atomic E-state index is 0.00949. The van der Waals surface area contributed by atoms with Gasteiger partial charge in [0.2, 0.25) is 0 Å². The third-order valence-corrected chi connectivity index (χ3v) is 0.945. The van der Waals surface area contributed by atoms with Crippen LogP contribution in [0.4, 0.5) is 0 Å². The zero-order valence-electron chi connectivity index (χ0n) is 5.56. The molecule has 0 aliphatic carbocycles. The van der Waals surface area contributed by atoms with Gasteiger partial charge in [0.05, 0.1) is 1.37 Å². The minimum atomic E-state index is -0.00949. The van der Waals surface area contributed by atoms with E-state index in [-0.39, 0.29) is 12.0 Å². The first-order valence-electron chi connectivity index (χ1n) is 2.86. The summed E-state index contributed by atoms with van der Waals surface area (Å²) in [6.45, 7) is 1.47. The van der Waals surface area contributed by atoms with Crippen LogP contribution in [0.25, 0.3) is 0 Å². The zero-order valence-corrected chi connectivity index (χ0v) is 4.56. The van der Waals surface area contributed by atoms with Gasteiger partial charge in [0.1, 0.15) is 0 Å². The summed E-state index contributed by atoms with van der Waals surface area (Å²) in [5, 5.41) is 0. The second kappa shape index (κ2) is 1.82. The molecule has 1 heterocycles. The number of aromatic amines is 1. The van der Waals surface area contributed by atoms with Gasteiger partial charge in [-0.2, -0.15) is 0 Å². The number of H-pyrrole nitrogens is 1. The van der Waals surface area contributed by atoms with Gasteiger partial charge in [-0.25, -0.2) is 0 Å². The molecule has 2 nitrogen and oxygen atoms in total. The molecule has 1 N–H and O–H groups in total. The van der Waals surface area contributed by atoms with Gasteiger partial charge in [-0.05, 0) is 13.0 Å². The van der Waals surface area contributed by atoms with Gasteiger partial charge in [-0.3, -0.25) is 4.79 Å². The fraction of sp³-hybridized carbons (Fsp3) is 0.167. The molecule has 0 unspecified atom stereocenters. The monoisotopic (exact) mass is 110 g/mol. The van der Waals surface area contributed by atoms with E-state index in [4.69, 9.17) is 1.37 Å². The second-order valence-electron chi connectivity index (χ2n) is 1.59. The largest absolute Gasteiger partial charge is 0.367 e. The highest BCUT2D eigenvalue weighted by Crippen LogP contribution is 1.95. The Kier molecular flexibility index (Phi) is 0.886. The van der Waals surface area contributed by atoms with Gasteiger partial charge in [-0.1, -0.05) is 0 Å². The highest BCUT2D eigenvalue weighted by Gasteiger charge is 1.94. The van der Waals surface area contributed by atoms with Crippen LogP contribution in [0.3, 0.4) is 0 Å². The van der Waals surface area contributed by atoms with E-state index < -0.39 is 0 Å². The molecule has 0 aromatic carbocycles. The predicted molar refractivity (Wildman–Crippen MR) is 30.8 cm³/mol. The molecule has 0 saturated carbocycles. The van der Waals surface area contributed by atoms with Crippen LogP contribution >= 0.6 is 0 Å². The van der Waals surface area contributed by atoms with Crippen molar-refractivity contribution in [1.82, 2.24) is 4.98 Å². The fourth-order valence-electron chi connectivity index (χ4n) is 0.484.